The highest BCUT2D eigenvalue weighted by atomic mass is 19.4. The quantitative estimate of drug-likeness (QED) is 0.500. The van der Waals surface area contributed by atoms with Gasteiger partial charge in [-0.2, -0.15) is 22.7 Å². The van der Waals surface area contributed by atoms with E-state index in [0.29, 0.717) is 16.9 Å². The van der Waals surface area contributed by atoms with Gasteiger partial charge >= 0.3 is 6.18 Å². The Balaban J connectivity index is 1.64. The zero-order valence-electron chi connectivity index (χ0n) is 15.4. The second-order valence-corrected chi connectivity index (χ2v) is 6.09. The molecular weight excluding hydrogens is 401 g/mol. The fourth-order valence-corrected chi connectivity index (χ4v) is 2.69. The molecule has 3 heterocycles. The van der Waals surface area contributed by atoms with Gasteiger partial charge in [0.05, 0.1) is 12.7 Å². The lowest BCUT2D eigenvalue weighted by molar-refractivity contribution is -0.137. The molecule has 1 N–H and O–H groups in total. The molecule has 0 aliphatic heterocycles. The van der Waals surface area contributed by atoms with E-state index in [-0.39, 0.29) is 17.7 Å². The Morgan fingerprint density at radius 2 is 1.80 bits per heavy atom. The molecule has 3 aromatic heterocycles. The average molecular weight is 414 g/mol. The van der Waals surface area contributed by atoms with E-state index in [0.717, 1.165) is 12.1 Å². The molecule has 8 nitrogen and oxygen atoms in total. The molecule has 0 amide bonds. The van der Waals surface area contributed by atoms with E-state index < -0.39 is 17.5 Å². The number of ketones is 1. The minimum atomic E-state index is -4.42. The molecule has 0 atom stereocenters. The number of anilines is 2. The molecule has 0 radical (unpaired) electrons. The number of nitrogens with zero attached hydrogens (tertiary/aromatic N) is 5. The van der Waals surface area contributed by atoms with Gasteiger partial charge in [-0.25, -0.2) is 9.97 Å². The second-order valence-electron chi connectivity index (χ2n) is 6.09. The van der Waals surface area contributed by atoms with Gasteiger partial charge in [0.2, 0.25) is 23.4 Å². The summed E-state index contributed by atoms with van der Waals surface area (Å²) >= 11 is 0. The van der Waals surface area contributed by atoms with Crippen LogP contribution in [-0.4, -0.2) is 37.5 Å². The van der Waals surface area contributed by atoms with Crippen LogP contribution in [0.1, 0.15) is 21.7 Å². The lowest BCUT2D eigenvalue weighted by Crippen LogP contribution is -2.11. The third-order valence-electron chi connectivity index (χ3n) is 4.13. The number of hydrogen-bond donors (Lipinski definition) is 1. The van der Waals surface area contributed by atoms with E-state index in [2.05, 4.69) is 25.4 Å². The molecule has 0 fully saturated rings. The van der Waals surface area contributed by atoms with Crippen LogP contribution in [0.3, 0.4) is 0 Å². The van der Waals surface area contributed by atoms with Crippen LogP contribution in [0.5, 0.6) is 5.88 Å². The number of carbonyl (C=O) groups excluding carboxylic acids is 1. The van der Waals surface area contributed by atoms with Crippen molar-refractivity contribution in [2.24, 2.45) is 0 Å². The summed E-state index contributed by atoms with van der Waals surface area (Å²) in [7, 11) is 1.44. The van der Waals surface area contributed by atoms with E-state index in [1.54, 1.807) is 6.07 Å². The number of ether oxygens (including phenoxy) is 1. The highest BCUT2D eigenvalue weighted by Crippen LogP contribution is 2.30. The van der Waals surface area contributed by atoms with Crippen LogP contribution in [0.15, 0.2) is 54.9 Å². The largest absolute Gasteiger partial charge is 0.481 e. The van der Waals surface area contributed by atoms with Crippen LogP contribution in [-0.2, 0) is 6.18 Å². The van der Waals surface area contributed by atoms with Gasteiger partial charge in [0.25, 0.3) is 0 Å². The minimum absolute atomic E-state index is 0.00808. The van der Waals surface area contributed by atoms with Gasteiger partial charge < -0.3 is 10.1 Å². The van der Waals surface area contributed by atoms with Gasteiger partial charge in [0.1, 0.15) is 0 Å². The summed E-state index contributed by atoms with van der Waals surface area (Å²) in [6.07, 6.45) is -1.57. The highest BCUT2D eigenvalue weighted by Gasteiger charge is 2.30. The van der Waals surface area contributed by atoms with Crippen LogP contribution < -0.4 is 10.1 Å². The van der Waals surface area contributed by atoms with E-state index in [4.69, 9.17) is 4.74 Å². The number of pyridine rings is 1. The normalized spacial score (nSPS) is 11.5. The first kappa shape index (κ1) is 19.3. The topological polar surface area (TPSA) is 94.3 Å². The first-order valence-corrected chi connectivity index (χ1v) is 8.56. The molecule has 0 bridgehead atoms. The number of methoxy groups -OCH3 is 1. The number of halogens is 3. The van der Waals surface area contributed by atoms with Gasteiger partial charge in [0, 0.05) is 35.8 Å². The molecule has 152 valence electrons. The average Bonchev–Trinajstić information content (AvgIpc) is 3.15. The van der Waals surface area contributed by atoms with Crippen molar-refractivity contribution in [3.8, 4) is 5.88 Å². The van der Waals surface area contributed by atoms with Crippen molar-refractivity contribution in [1.82, 2.24) is 24.6 Å². The molecule has 11 heteroatoms. The summed E-state index contributed by atoms with van der Waals surface area (Å²) in [6.45, 7) is 0. The number of carbonyl (C=O) groups is 1. The van der Waals surface area contributed by atoms with Crippen molar-refractivity contribution < 1.29 is 22.7 Å². The fourth-order valence-electron chi connectivity index (χ4n) is 2.69. The zero-order valence-corrected chi connectivity index (χ0v) is 15.4. The standard InChI is InChI=1S/C19H13F3N6O2/c1-30-15-10-11(6-8-23-15)16(29)17-24-9-7-14-26-18(27-28(14)17)25-13-4-2-12(3-5-13)19(20,21)22/h2-10H,1H3,(H,25,27). The number of nitrogens with one attached hydrogen (secondary N) is 1. The van der Waals surface area contributed by atoms with Crippen molar-refractivity contribution in [1.29, 1.82) is 0 Å². The molecule has 1 aromatic carbocycles. The van der Waals surface area contributed by atoms with Crippen molar-refractivity contribution in [3.63, 3.8) is 0 Å². The second kappa shape index (κ2) is 7.43. The molecule has 0 spiro atoms. The minimum Gasteiger partial charge on any atom is -0.481 e. The maximum atomic E-state index is 12.9. The van der Waals surface area contributed by atoms with Crippen LogP contribution in [0.2, 0.25) is 0 Å². The third-order valence-corrected chi connectivity index (χ3v) is 4.13. The molecule has 4 rings (SSSR count). The van der Waals surface area contributed by atoms with Crippen molar-refractivity contribution in [3.05, 3.63) is 71.8 Å². The first-order chi connectivity index (χ1) is 14.3. The Hall–Kier alpha value is -4.02. The van der Waals surface area contributed by atoms with Gasteiger partial charge in [-0.15, -0.1) is 5.10 Å². The highest BCUT2D eigenvalue weighted by molar-refractivity contribution is 6.07. The summed E-state index contributed by atoms with van der Waals surface area (Å²) in [6, 6.07) is 8.97. The summed E-state index contributed by atoms with van der Waals surface area (Å²) < 4.78 is 44.4. The predicted molar refractivity (Wildman–Crippen MR) is 99.7 cm³/mol. The number of fused-ring (bicyclic) bond motifs is 1. The molecule has 30 heavy (non-hydrogen) atoms. The lowest BCUT2D eigenvalue weighted by atomic mass is 10.1. The summed E-state index contributed by atoms with van der Waals surface area (Å²) in [4.78, 5) is 25.2. The summed E-state index contributed by atoms with van der Waals surface area (Å²) in [5.74, 6) is -0.0404. The fraction of sp³-hybridized carbons (Fsp3) is 0.105. The Morgan fingerprint density at radius 3 is 2.50 bits per heavy atom. The molecule has 0 aliphatic carbocycles. The van der Waals surface area contributed by atoms with Crippen molar-refractivity contribution >= 4 is 23.1 Å². The van der Waals surface area contributed by atoms with Gasteiger partial charge in [-0.05, 0) is 30.3 Å². The maximum Gasteiger partial charge on any atom is 0.416 e. The Bertz CT molecular complexity index is 1220. The van der Waals surface area contributed by atoms with Crippen LogP contribution >= 0.6 is 0 Å². The number of alkyl halides is 3. The van der Waals surface area contributed by atoms with Crippen LogP contribution in [0, 0.1) is 0 Å². The van der Waals surface area contributed by atoms with E-state index in [9.17, 15) is 18.0 Å². The number of rotatable bonds is 5. The molecule has 0 saturated heterocycles. The van der Waals surface area contributed by atoms with E-state index in [1.165, 1.54) is 48.3 Å². The lowest BCUT2D eigenvalue weighted by Gasteiger charge is -2.07. The smallest absolute Gasteiger partial charge is 0.416 e. The Labute approximate surface area is 167 Å². The SMILES string of the molecule is COc1cc(C(=O)c2nccc3nc(Nc4ccc(C(F)(F)F)cc4)nn23)ccn1. The molecule has 0 aliphatic rings. The molecule has 0 saturated carbocycles. The van der Waals surface area contributed by atoms with Crippen molar-refractivity contribution in [2.45, 2.75) is 6.18 Å². The van der Waals surface area contributed by atoms with Gasteiger partial charge in [0.15, 0.2) is 5.65 Å². The third kappa shape index (κ3) is 3.77. The monoisotopic (exact) mass is 414 g/mol. The van der Waals surface area contributed by atoms with E-state index >= 15 is 0 Å². The first-order valence-electron chi connectivity index (χ1n) is 8.56. The summed E-state index contributed by atoms with van der Waals surface area (Å²) in [5.41, 5.74) is 0.234. The van der Waals surface area contributed by atoms with Gasteiger partial charge in [-0.3, -0.25) is 4.79 Å². The number of hydrogen-bond acceptors (Lipinski definition) is 7. The molecule has 4 aromatic rings. The van der Waals surface area contributed by atoms with Gasteiger partial charge in [-0.1, -0.05) is 0 Å². The van der Waals surface area contributed by atoms with Crippen LogP contribution in [0.25, 0.3) is 5.65 Å². The molecule has 0 unspecified atom stereocenters. The number of benzene rings is 1. The van der Waals surface area contributed by atoms with E-state index in [1.807, 2.05) is 0 Å². The molecular formula is C19H13F3N6O2. The Kier molecular flexibility index (Phi) is 4.78. The maximum absolute atomic E-state index is 12.9. The zero-order chi connectivity index (χ0) is 21.3. The summed E-state index contributed by atoms with van der Waals surface area (Å²) in [5, 5.41) is 7.03. The van der Waals surface area contributed by atoms with Crippen molar-refractivity contribution in [2.75, 3.05) is 12.4 Å². The Morgan fingerprint density at radius 1 is 1.07 bits per heavy atom. The van der Waals surface area contributed by atoms with Crippen LogP contribution in [0.4, 0.5) is 24.8 Å². The predicted octanol–water partition coefficient (Wildman–Crippen LogP) is 3.52. The number of aromatic nitrogens is 5.